The van der Waals surface area contributed by atoms with Crippen LogP contribution in [0.2, 0.25) is 0 Å². The van der Waals surface area contributed by atoms with E-state index in [0.717, 1.165) is 28.3 Å². The van der Waals surface area contributed by atoms with Crippen LogP contribution in [0, 0.1) is 12.7 Å². The maximum Gasteiger partial charge on any atom is 0.240 e. The van der Waals surface area contributed by atoms with Crippen LogP contribution in [0.5, 0.6) is 5.75 Å². The first kappa shape index (κ1) is 17.4. The molecule has 7 heteroatoms. The zero-order chi connectivity index (χ0) is 18.0. The van der Waals surface area contributed by atoms with Crippen molar-refractivity contribution in [3.05, 3.63) is 59.5 Å². The highest BCUT2D eigenvalue weighted by molar-refractivity contribution is 7.89. The molecule has 2 N–H and O–H groups in total. The van der Waals surface area contributed by atoms with Crippen molar-refractivity contribution < 1.29 is 17.5 Å². The van der Waals surface area contributed by atoms with E-state index in [1.54, 1.807) is 7.11 Å². The number of methoxy groups -OCH3 is 1. The first-order chi connectivity index (χ1) is 11.9. The Morgan fingerprint density at radius 3 is 2.72 bits per heavy atom. The summed E-state index contributed by atoms with van der Waals surface area (Å²) in [4.78, 5) is 3.22. The Balaban J connectivity index is 1.73. The third-order valence-electron chi connectivity index (χ3n) is 4.10. The molecule has 0 saturated heterocycles. The Bertz CT molecular complexity index is 1010. The number of fused-ring (bicyclic) bond motifs is 1. The average molecular weight is 362 g/mol. The number of hydrogen-bond acceptors (Lipinski definition) is 3. The van der Waals surface area contributed by atoms with Crippen LogP contribution in [0.1, 0.15) is 11.1 Å². The number of halogens is 1. The third-order valence-corrected chi connectivity index (χ3v) is 5.56. The normalized spacial score (nSPS) is 11.8. The highest BCUT2D eigenvalue weighted by Gasteiger charge is 2.15. The molecule has 0 aliphatic carbocycles. The molecule has 132 valence electrons. The van der Waals surface area contributed by atoms with Crippen LogP contribution in [-0.4, -0.2) is 27.1 Å². The number of sulfonamides is 1. The standard InChI is InChI=1S/C18H19FN2O3S/c1-12-9-15(4-5-17(12)19)25(22,23)21-8-7-13-11-20-18-6-3-14(24-2)10-16(13)18/h3-6,9-11,20-21H,7-8H2,1-2H3. The quantitative estimate of drug-likeness (QED) is 0.708. The maximum atomic E-state index is 13.3. The Kier molecular flexibility index (Phi) is 4.78. The first-order valence-electron chi connectivity index (χ1n) is 7.80. The number of nitrogens with one attached hydrogen (secondary N) is 2. The van der Waals surface area contributed by atoms with Gasteiger partial charge in [-0.05, 0) is 60.9 Å². The van der Waals surface area contributed by atoms with Crippen LogP contribution < -0.4 is 9.46 Å². The first-order valence-corrected chi connectivity index (χ1v) is 9.29. The van der Waals surface area contributed by atoms with Gasteiger partial charge in [0.1, 0.15) is 11.6 Å². The second-order valence-electron chi connectivity index (χ2n) is 5.78. The van der Waals surface area contributed by atoms with Gasteiger partial charge in [0.25, 0.3) is 0 Å². The summed E-state index contributed by atoms with van der Waals surface area (Å²) in [5.41, 5.74) is 2.26. The van der Waals surface area contributed by atoms with E-state index in [1.807, 2.05) is 24.4 Å². The lowest BCUT2D eigenvalue weighted by Gasteiger charge is -2.08. The Hall–Kier alpha value is -2.38. The number of rotatable bonds is 6. The fourth-order valence-electron chi connectivity index (χ4n) is 2.68. The zero-order valence-corrected chi connectivity index (χ0v) is 14.8. The lowest BCUT2D eigenvalue weighted by Crippen LogP contribution is -2.26. The topological polar surface area (TPSA) is 71.2 Å². The molecule has 1 heterocycles. The summed E-state index contributed by atoms with van der Waals surface area (Å²) < 4.78 is 45.7. The van der Waals surface area contributed by atoms with E-state index in [-0.39, 0.29) is 11.4 Å². The predicted molar refractivity (Wildman–Crippen MR) is 94.9 cm³/mol. The van der Waals surface area contributed by atoms with Gasteiger partial charge in [0, 0.05) is 23.6 Å². The largest absolute Gasteiger partial charge is 0.497 e. The highest BCUT2D eigenvalue weighted by Crippen LogP contribution is 2.24. The molecule has 0 aliphatic heterocycles. The number of H-pyrrole nitrogens is 1. The van der Waals surface area contributed by atoms with Crippen LogP contribution >= 0.6 is 0 Å². The van der Waals surface area contributed by atoms with Crippen LogP contribution in [0.15, 0.2) is 47.5 Å². The Labute approximate surface area is 145 Å². The average Bonchev–Trinajstić information content (AvgIpc) is 2.99. The summed E-state index contributed by atoms with van der Waals surface area (Å²) in [6.45, 7) is 1.77. The van der Waals surface area contributed by atoms with Crippen molar-refractivity contribution in [2.45, 2.75) is 18.2 Å². The van der Waals surface area contributed by atoms with Crippen LogP contribution in [0.4, 0.5) is 4.39 Å². The summed E-state index contributed by atoms with van der Waals surface area (Å²) in [6.07, 6.45) is 2.38. The van der Waals surface area contributed by atoms with Crippen molar-refractivity contribution in [1.29, 1.82) is 0 Å². The summed E-state index contributed by atoms with van der Waals surface area (Å²) in [5.74, 6) is 0.322. The van der Waals surface area contributed by atoms with Gasteiger partial charge in [-0.3, -0.25) is 0 Å². The lowest BCUT2D eigenvalue weighted by molar-refractivity contribution is 0.415. The highest BCUT2D eigenvalue weighted by atomic mass is 32.2. The predicted octanol–water partition coefficient (Wildman–Crippen LogP) is 3.15. The molecular formula is C18H19FN2O3S. The number of ether oxygens (including phenoxy) is 1. The molecule has 0 spiro atoms. The van der Waals surface area contributed by atoms with E-state index in [9.17, 15) is 12.8 Å². The van der Waals surface area contributed by atoms with Crippen molar-refractivity contribution in [2.75, 3.05) is 13.7 Å². The van der Waals surface area contributed by atoms with Gasteiger partial charge in [0.15, 0.2) is 0 Å². The Morgan fingerprint density at radius 2 is 2.00 bits per heavy atom. The van der Waals surface area contributed by atoms with Gasteiger partial charge in [-0.2, -0.15) is 0 Å². The monoisotopic (exact) mass is 362 g/mol. The van der Waals surface area contributed by atoms with Crippen molar-refractivity contribution in [1.82, 2.24) is 9.71 Å². The number of aromatic amines is 1. The number of hydrogen-bond donors (Lipinski definition) is 2. The smallest absolute Gasteiger partial charge is 0.240 e. The molecule has 0 saturated carbocycles. The SMILES string of the molecule is COc1ccc2[nH]cc(CCNS(=O)(=O)c3ccc(F)c(C)c3)c2c1. The Morgan fingerprint density at radius 1 is 1.20 bits per heavy atom. The van der Waals surface area contributed by atoms with Crippen molar-refractivity contribution in [3.8, 4) is 5.75 Å². The molecule has 0 bridgehead atoms. The van der Waals surface area contributed by atoms with Gasteiger partial charge in [0.2, 0.25) is 10.0 Å². The molecule has 0 radical (unpaired) electrons. The fraction of sp³-hybridized carbons (Fsp3) is 0.222. The molecule has 0 amide bonds. The number of aryl methyl sites for hydroxylation is 1. The molecule has 3 rings (SSSR count). The van der Waals surface area contributed by atoms with Crippen LogP contribution in [0.25, 0.3) is 10.9 Å². The zero-order valence-electron chi connectivity index (χ0n) is 14.0. The molecule has 3 aromatic rings. The van der Waals surface area contributed by atoms with Gasteiger partial charge >= 0.3 is 0 Å². The van der Waals surface area contributed by atoms with Gasteiger partial charge in [0.05, 0.1) is 12.0 Å². The lowest BCUT2D eigenvalue weighted by atomic mass is 10.1. The maximum absolute atomic E-state index is 13.3. The third kappa shape index (κ3) is 3.67. The molecule has 0 unspecified atom stereocenters. The van der Waals surface area contributed by atoms with E-state index < -0.39 is 15.8 Å². The van der Waals surface area contributed by atoms with Crippen LogP contribution in [0.3, 0.4) is 0 Å². The minimum atomic E-state index is -3.67. The van der Waals surface area contributed by atoms with E-state index in [0.29, 0.717) is 12.0 Å². The molecule has 0 aliphatic rings. The summed E-state index contributed by atoms with van der Waals surface area (Å²) in [6, 6.07) is 9.45. The van der Waals surface area contributed by atoms with E-state index in [1.165, 1.54) is 19.1 Å². The minimum absolute atomic E-state index is 0.0620. The van der Waals surface area contributed by atoms with Gasteiger partial charge in [-0.15, -0.1) is 0 Å². The summed E-state index contributed by atoms with van der Waals surface area (Å²) in [5, 5.41) is 0.996. The van der Waals surface area contributed by atoms with Crippen molar-refractivity contribution in [2.24, 2.45) is 0 Å². The number of benzene rings is 2. The molecule has 0 atom stereocenters. The second kappa shape index (κ2) is 6.85. The van der Waals surface area contributed by atoms with Crippen LogP contribution in [-0.2, 0) is 16.4 Å². The second-order valence-corrected chi connectivity index (χ2v) is 7.55. The molecule has 5 nitrogen and oxygen atoms in total. The molecule has 1 aromatic heterocycles. The van der Waals surface area contributed by atoms with Gasteiger partial charge in [-0.1, -0.05) is 0 Å². The molecule has 25 heavy (non-hydrogen) atoms. The molecule has 2 aromatic carbocycles. The minimum Gasteiger partial charge on any atom is -0.497 e. The number of aromatic nitrogens is 1. The fourth-order valence-corrected chi connectivity index (χ4v) is 3.80. The van der Waals surface area contributed by atoms with Gasteiger partial charge in [-0.25, -0.2) is 17.5 Å². The summed E-state index contributed by atoms with van der Waals surface area (Å²) in [7, 11) is -2.07. The summed E-state index contributed by atoms with van der Waals surface area (Å²) >= 11 is 0. The van der Waals surface area contributed by atoms with E-state index in [2.05, 4.69) is 9.71 Å². The van der Waals surface area contributed by atoms with Crippen molar-refractivity contribution in [3.63, 3.8) is 0 Å². The van der Waals surface area contributed by atoms with Crippen molar-refractivity contribution >= 4 is 20.9 Å². The molecule has 0 fully saturated rings. The van der Waals surface area contributed by atoms with E-state index in [4.69, 9.17) is 4.74 Å². The molecular weight excluding hydrogens is 343 g/mol. The van der Waals surface area contributed by atoms with E-state index >= 15 is 0 Å². The van der Waals surface area contributed by atoms with Gasteiger partial charge < -0.3 is 9.72 Å².